The second kappa shape index (κ2) is 21.2. The van der Waals surface area contributed by atoms with Crippen molar-refractivity contribution >= 4 is 46.8 Å². The summed E-state index contributed by atoms with van der Waals surface area (Å²) in [5.74, 6) is -2.65. The largest absolute Gasteiger partial charge is 0.481 e. The zero-order chi connectivity index (χ0) is 40.9. The van der Waals surface area contributed by atoms with E-state index in [1.54, 1.807) is 43.3 Å². The van der Waals surface area contributed by atoms with Gasteiger partial charge in [-0.3, -0.25) is 19.2 Å². The average Bonchev–Trinajstić information content (AvgIpc) is 3.77. The number of hydrogen-bond acceptors (Lipinski definition) is 10. The van der Waals surface area contributed by atoms with E-state index in [1.165, 1.54) is 0 Å². The minimum absolute atomic E-state index is 0.0732. The van der Waals surface area contributed by atoms with Gasteiger partial charge in [0.1, 0.15) is 16.7 Å². The Morgan fingerprint density at radius 1 is 1.04 bits per heavy atom. The third-order valence-corrected chi connectivity index (χ3v) is 11.6. The number of rotatable bonds is 23. The summed E-state index contributed by atoms with van der Waals surface area (Å²) in [4.78, 5) is 72.3. The number of amides is 4. The minimum atomic E-state index is -0.967. The van der Waals surface area contributed by atoms with Crippen LogP contribution in [0.25, 0.3) is 0 Å². The molecule has 0 spiro atoms. The molecule has 1 saturated carbocycles. The number of nitrogens with one attached hydrogen (secondary N) is 4. The van der Waals surface area contributed by atoms with Crippen LogP contribution in [0.3, 0.4) is 0 Å². The van der Waals surface area contributed by atoms with Crippen molar-refractivity contribution < 1.29 is 33.8 Å². The summed E-state index contributed by atoms with van der Waals surface area (Å²) in [6.07, 6.45) is 3.16. The molecule has 1 heterocycles. The van der Waals surface area contributed by atoms with Crippen LogP contribution < -0.4 is 27.0 Å². The van der Waals surface area contributed by atoms with Crippen LogP contribution in [-0.4, -0.2) is 90.1 Å². The van der Waals surface area contributed by atoms with Crippen LogP contribution in [0.15, 0.2) is 29.6 Å². The predicted octanol–water partition coefficient (Wildman–Crippen LogP) is 5.15. The Balaban J connectivity index is 1.85. The van der Waals surface area contributed by atoms with Crippen LogP contribution in [0.4, 0.5) is 10.5 Å². The SMILES string of the molecule is CCNC(=O)O[C@H](C[C@H](C(C)C)N(C)C(=O)[C@@H](NC(=O)C1(CCCNC)CC1)[C@@H](C)CC)c1nc(C(=O)N[C@@H](Cc2ccc(N)cc2)C[C@H](C)C(=O)O)cs1. The third kappa shape index (κ3) is 13.2. The lowest BCUT2D eigenvalue weighted by molar-refractivity contribution is -0.141. The summed E-state index contributed by atoms with van der Waals surface area (Å²) in [6.45, 7) is 12.4. The zero-order valence-corrected chi connectivity index (χ0v) is 34.6. The van der Waals surface area contributed by atoms with Crippen LogP contribution in [0.5, 0.6) is 0 Å². The maximum absolute atomic E-state index is 14.3. The van der Waals surface area contributed by atoms with Crippen molar-refractivity contribution in [2.45, 2.75) is 117 Å². The van der Waals surface area contributed by atoms with Gasteiger partial charge in [0.25, 0.3) is 5.91 Å². The molecule has 14 nitrogen and oxygen atoms in total. The zero-order valence-electron chi connectivity index (χ0n) is 33.8. The summed E-state index contributed by atoms with van der Waals surface area (Å²) in [5, 5.41) is 23.4. The first kappa shape index (κ1) is 45.2. The Labute approximate surface area is 330 Å². The van der Waals surface area contributed by atoms with Crippen molar-refractivity contribution in [2.24, 2.45) is 23.2 Å². The molecule has 1 aromatic heterocycles. The Morgan fingerprint density at radius 3 is 2.27 bits per heavy atom. The smallest absolute Gasteiger partial charge is 0.407 e. The Kier molecular flexibility index (Phi) is 17.4. The van der Waals surface area contributed by atoms with Gasteiger partial charge in [-0.15, -0.1) is 11.3 Å². The molecule has 3 rings (SSSR count). The molecular formula is C40H63N7O7S. The molecular weight excluding hydrogens is 723 g/mol. The number of ether oxygens (including phenoxy) is 1. The number of thiazole rings is 1. The number of nitrogen functional groups attached to an aromatic ring is 1. The summed E-state index contributed by atoms with van der Waals surface area (Å²) in [5.41, 5.74) is 7.00. The van der Waals surface area contributed by atoms with Crippen LogP contribution in [0, 0.1) is 23.2 Å². The maximum Gasteiger partial charge on any atom is 0.407 e. The van der Waals surface area contributed by atoms with E-state index in [2.05, 4.69) is 26.3 Å². The summed E-state index contributed by atoms with van der Waals surface area (Å²) in [6, 6.07) is 5.52. The van der Waals surface area contributed by atoms with Gasteiger partial charge in [0, 0.05) is 48.6 Å². The van der Waals surface area contributed by atoms with E-state index in [0.717, 1.165) is 49.1 Å². The molecule has 1 fully saturated rings. The van der Waals surface area contributed by atoms with Crippen molar-refractivity contribution in [1.82, 2.24) is 31.2 Å². The highest BCUT2D eigenvalue weighted by Gasteiger charge is 2.50. The fourth-order valence-electron chi connectivity index (χ4n) is 6.77. The highest BCUT2D eigenvalue weighted by atomic mass is 32.1. The summed E-state index contributed by atoms with van der Waals surface area (Å²) >= 11 is 1.16. The van der Waals surface area contributed by atoms with Gasteiger partial charge in [0.15, 0.2) is 6.10 Å². The Bertz CT molecular complexity index is 1580. The molecule has 15 heteroatoms. The number of nitrogens with two attached hydrogens (primary N) is 1. The quantitative estimate of drug-likeness (QED) is 0.0646. The van der Waals surface area contributed by atoms with Crippen LogP contribution >= 0.6 is 11.3 Å². The second-order valence-corrected chi connectivity index (χ2v) is 16.3. The number of carbonyl (C=O) groups excluding carboxylic acids is 4. The first-order valence-electron chi connectivity index (χ1n) is 19.6. The van der Waals surface area contributed by atoms with Crippen LogP contribution in [0.2, 0.25) is 0 Å². The van der Waals surface area contributed by atoms with Crippen LogP contribution in [0.1, 0.15) is 114 Å². The highest BCUT2D eigenvalue weighted by molar-refractivity contribution is 7.09. The number of anilines is 1. The molecule has 6 atom stereocenters. The van der Waals surface area contributed by atoms with Gasteiger partial charge in [-0.05, 0) is 88.6 Å². The van der Waals surface area contributed by atoms with E-state index in [1.807, 2.05) is 46.9 Å². The van der Waals surface area contributed by atoms with Gasteiger partial charge in [-0.2, -0.15) is 0 Å². The fraction of sp³-hybridized carbons (Fsp3) is 0.650. The molecule has 0 bridgehead atoms. The molecule has 1 aromatic carbocycles. The van der Waals surface area contributed by atoms with E-state index in [-0.39, 0.29) is 42.2 Å². The molecule has 1 aliphatic carbocycles. The monoisotopic (exact) mass is 785 g/mol. The van der Waals surface area contributed by atoms with Crippen molar-refractivity contribution in [3.8, 4) is 0 Å². The number of hydrogen-bond donors (Lipinski definition) is 6. The van der Waals surface area contributed by atoms with Gasteiger partial charge in [0.05, 0.1) is 5.92 Å². The fourth-order valence-corrected chi connectivity index (χ4v) is 7.61. The van der Waals surface area contributed by atoms with Gasteiger partial charge in [-0.1, -0.05) is 53.2 Å². The van der Waals surface area contributed by atoms with Crippen molar-refractivity contribution in [3.63, 3.8) is 0 Å². The van der Waals surface area contributed by atoms with E-state index in [9.17, 15) is 29.1 Å². The van der Waals surface area contributed by atoms with Gasteiger partial charge >= 0.3 is 12.1 Å². The lowest BCUT2D eigenvalue weighted by atomic mass is 9.92. The van der Waals surface area contributed by atoms with Gasteiger partial charge in [-0.25, -0.2) is 9.78 Å². The number of carbonyl (C=O) groups is 5. The Hall–Kier alpha value is -4.24. The van der Waals surface area contributed by atoms with E-state index >= 15 is 0 Å². The number of carboxylic acid groups (broad SMARTS) is 1. The molecule has 2 aromatic rings. The number of alkyl carbamates (subject to hydrolysis) is 1. The summed E-state index contributed by atoms with van der Waals surface area (Å²) in [7, 11) is 3.61. The summed E-state index contributed by atoms with van der Waals surface area (Å²) < 4.78 is 5.90. The van der Waals surface area contributed by atoms with Crippen molar-refractivity contribution in [2.75, 3.05) is 32.9 Å². The molecule has 0 unspecified atom stereocenters. The number of aliphatic carboxylic acids is 1. The molecule has 4 amide bonds. The van der Waals surface area contributed by atoms with Crippen molar-refractivity contribution in [3.05, 3.63) is 45.9 Å². The molecule has 7 N–H and O–H groups in total. The van der Waals surface area contributed by atoms with Gasteiger partial charge < -0.3 is 41.7 Å². The number of aromatic nitrogens is 1. The number of benzene rings is 1. The lowest BCUT2D eigenvalue weighted by Gasteiger charge is -2.37. The van der Waals surface area contributed by atoms with E-state index in [4.69, 9.17) is 10.5 Å². The molecule has 0 saturated heterocycles. The third-order valence-electron chi connectivity index (χ3n) is 10.7. The standard InChI is InChI=1S/C40H63N7O7S/c1-9-25(5)33(46-38(52)40(17-18-40)16-11-19-42-7)36(49)47(8)31(24(3)4)22-32(54-39(53)43-10-2)35-45-30(23-55-35)34(48)44-29(20-26(6)37(50)51)21-27-12-14-28(41)15-13-27/h12-15,23-26,29,31-33,42H,9-11,16-22,41H2,1-8H3,(H,43,53)(H,44,48)(H,46,52)(H,50,51)/t25-,26-,29+,31+,32+,33-/m0/s1. The number of carboxylic acids is 1. The Morgan fingerprint density at radius 2 is 1.71 bits per heavy atom. The lowest BCUT2D eigenvalue weighted by Crippen LogP contribution is -2.55. The first-order chi connectivity index (χ1) is 26.0. The van der Waals surface area contributed by atoms with Crippen LogP contribution in [-0.2, 0) is 25.5 Å². The first-order valence-corrected chi connectivity index (χ1v) is 20.4. The molecule has 0 aliphatic heterocycles. The second-order valence-electron chi connectivity index (χ2n) is 15.4. The molecule has 1 aliphatic rings. The molecule has 0 radical (unpaired) electrons. The average molecular weight is 786 g/mol. The predicted molar refractivity (Wildman–Crippen MR) is 214 cm³/mol. The number of likely N-dealkylation sites (N-methyl/N-ethyl adjacent to an activating group) is 1. The molecule has 55 heavy (non-hydrogen) atoms. The topological polar surface area (TPSA) is 205 Å². The molecule has 306 valence electrons. The minimum Gasteiger partial charge on any atom is -0.481 e. The van der Waals surface area contributed by atoms with Crippen molar-refractivity contribution in [1.29, 1.82) is 0 Å². The number of nitrogens with zero attached hydrogens (tertiary/aromatic N) is 2. The van der Waals surface area contributed by atoms with E-state index < -0.39 is 53.5 Å². The van der Waals surface area contributed by atoms with E-state index in [0.29, 0.717) is 30.1 Å². The highest BCUT2D eigenvalue weighted by Crippen LogP contribution is 2.50. The van der Waals surface area contributed by atoms with Gasteiger partial charge in [0.2, 0.25) is 11.8 Å². The maximum atomic E-state index is 14.3. The normalized spacial score (nSPS) is 16.5.